The molecule has 0 spiro atoms. The van der Waals surface area contributed by atoms with Crippen molar-refractivity contribution in [1.82, 2.24) is 4.72 Å². The fourth-order valence-corrected chi connectivity index (χ4v) is 6.92. The van der Waals surface area contributed by atoms with Crippen molar-refractivity contribution in [1.29, 1.82) is 0 Å². The van der Waals surface area contributed by atoms with Gasteiger partial charge in [0, 0.05) is 11.6 Å². The Morgan fingerprint density at radius 2 is 1.36 bits per heavy atom. The number of carboxylic acid groups (broad SMARTS) is 1. The number of benzene rings is 5. The van der Waals surface area contributed by atoms with E-state index in [1.807, 2.05) is 43.3 Å². The van der Waals surface area contributed by atoms with Gasteiger partial charge in [0.05, 0.1) is 22.3 Å². The van der Waals surface area contributed by atoms with Crippen molar-refractivity contribution in [3.63, 3.8) is 0 Å². The second-order valence-electron chi connectivity index (χ2n) is 11.6. The molecule has 6 rings (SSSR count). The zero-order valence-corrected chi connectivity index (χ0v) is 26.5. The summed E-state index contributed by atoms with van der Waals surface area (Å²) >= 11 is 0. The molecule has 0 radical (unpaired) electrons. The standard InChI is InChI=1S/C37H34N2O7S/c1-24-6-20-33(21-7-24)47(43,44)39-28-12-18-30(19-13-28)46-32-17-11-26-22-31(16-10-27(26)23-32)45-29-14-8-25(9-15-29)36(40)38-35-5-3-2-4-34(35)37(41)42/h2-11,14-17,20-23,28,30,39H,12-13,18-19H2,1H3,(H,38,40)(H,41,42). The average Bonchev–Trinajstić information content (AvgIpc) is 3.06. The highest BCUT2D eigenvalue weighted by atomic mass is 32.2. The van der Waals surface area contributed by atoms with E-state index in [9.17, 15) is 23.1 Å². The van der Waals surface area contributed by atoms with E-state index in [1.165, 1.54) is 6.07 Å². The van der Waals surface area contributed by atoms with Crippen LogP contribution in [-0.2, 0) is 10.0 Å². The van der Waals surface area contributed by atoms with Crippen molar-refractivity contribution in [2.75, 3.05) is 5.32 Å². The van der Waals surface area contributed by atoms with E-state index >= 15 is 0 Å². The number of nitrogens with one attached hydrogen (secondary N) is 2. The first-order chi connectivity index (χ1) is 22.6. The molecule has 0 heterocycles. The molecule has 10 heteroatoms. The summed E-state index contributed by atoms with van der Waals surface area (Å²) in [5.74, 6) is 0.388. The Hall–Kier alpha value is -5.19. The molecule has 0 unspecified atom stereocenters. The average molecular weight is 651 g/mol. The second kappa shape index (κ2) is 13.7. The Kier molecular flexibility index (Phi) is 9.24. The van der Waals surface area contributed by atoms with Crippen LogP contribution in [0.15, 0.2) is 114 Å². The van der Waals surface area contributed by atoms with Gasteiger partial charge in [0.15, 0.2) is 0 Å². The lowest BCUT2D eigenvalue weighted by molar-refractivity contribution is 0.0698. The number of aromatic carboxylic acids is 1. The summed E-state index contributed by atoms with van der Waals surface area (Å²) in [4.78, 5) is 24.4. The fraction of sp³-hybridized carbons (Fsp3) is 0.189. The largest absolute Gasteiger partial charge is 0.490 e. The zero-order chi connectivity index (χ0) is 33.0. The predicted molar refractivity (Wildman–Crippen MR) is 180 cm³/mol. The number of carboxylic acids is 1. The molecule has 1 fully saturated rings. The molecule has 0 aromatic heterocycles. The highest BCUT2D eigenvalue weighted by molar-refractivity contribution is 7.89. The summed E-state index contributed by atoms with van der Waals surface area (Å²) in [5.41, 5.74) is 1.61. The number of ether oxygens (including phenoxy) is 2. The monoisotopic (exact) mass is 650 g/mol. The third kappa shape index (κ3) is 7.79. The van der Waals surface area contributed by atoms with Crippen LogP contribution in [0.2, 0.25) is 0 Å². The lowest BCUT2D eigenvalue weighted by Crippen LogP contribution is -2.39. The molecule has 1 aliphatic carbocycles. The van der Waals surface area contributed by atoms with E-state index < -0.39 is 21.9 Å². The Balaban J connectivity index is 1.02. The quantitative estimate of drug-likeness (QED) is 0.142. The van der Waals surface area contributed by atoms with E-state index in [4.69, 9.17) is 9.47 Å². The van der Waals surface area contributed by atoms with Gasteiger partial charge in [-0.25, -0.2) is 17.9 Å². The Morgan fingerprint density at radius 1 is 0.745 bits per heavy atom. The number of para-hydroxylation sites is 1. The third-order valence-corrected chi connectivity index (χ3v) is 9.71. The van der Waals surface area contributed by atoms with Gasteiger partial charge < -0.3 is 19.9 Å². The highest BCUT2D eigenvalue weighted by Gasteiger charge is 2.27. The number of sulfonamides is 1. The molecular formula is C37H34N2O7S. The number of rotatable bonds is 10. The van der Waals surface area contributed by atoms with Crippen LogP contribution in [0.4, 0.5) is 5.69 Å². The maximum absolute atomic E-state index is 12.8. The maximum Gasteiger partial charge on any atom is 0.337 e. The Morgan fingerprint density at radius 3 is 2.04 bits per heavy atom. The van der Waals surface area contributed by atoms with E-state index in [1.54, 1.807) is 66.7 Å². The zero-order valence-electron chi connectivity index (χ0n) is 25.7. The number of carbonyl (C=O) groups excluding carboxylic acids is 1. The summed E-state index contributed by atoms with van der Waals surface area (Å²) in [6.45, 7) is 1.93. The number of aryl methyl sites for hydroxylation is 1. The van der Waals surface area contributed by atoms with Crippen LogP contribution < -0.4 is 19.5 Å². The van der Waals surface area contributed by atoms with Crippen molar-refractivity contribution in [3.8, 4) is 17.2 Å². The Labute approximate surface area is 273 Å². The minimum Gasteiger partial charge on any atom is -0.490 e. The number of anilines is 1. The van der Waals surface area contributed by atoms with Crippen LogP contribution in [0.1, 0.15) is 52.0 Å². The molecule has 1 saturated carbocycles. The highest BCUT2D eigenvalue weighted by Crippen LogP contribution is 2.31. The lowest BCUT2D eigenvalue weighted by atomic mass is 9.93. The first kappa shape index (κ1) is 31.8. The van der Waals surface area contributed by atoms with Gasteiger partial charge in [-0.15, -0.1) is 0 Å². The normalized spacial score (nSPS) is 16.4. The van der Waals surface area contributed by atoms with Crippen LogP contribution in [0.3, 0.4) is 0 Å². The van der Waals surface area contributed by atoms with Crippen LogP contribution in [0.5, 0.6) is 17.2 Å². The third-order valence-electron chi connectivity index (χ3n) is 8.17. The number of hydrogen-bond donors (Lipinski definition) is 3. The van der Waals surface area contributed by atoms with Gasteiger partial charge in [-0.3, -0.25) is 4.79 Å². The van der Waals surface area contributed by atoms with Gasteiger partial charge in [-0.1, -0.05) is 42.0 Å². The number of carbonyl (C=O) groups is 2. The molecule has 47 heavy (non-hydrogen) atoms. The fourth-order valence-electron chi connectivity index (χ4n) is 5.62. The van der Waals surface area contributed by atoms with Crippen molar-refractivity contribution in [2.24, 2.45) is 0 Å². The van der Waals surface area contributed by atoms with Crippen molar-refractivity contribution >= 4 is 38.4 Å². The smallest absolute Gasteiger partial charge is 0.337 e. The summed E-state index contributed by atoms with van der Waals surface area (Å²) in [6, 6.07) is 31.2. The molecule has 5 aromatic carbocycles. The maximum atomic E-state index is 12.8. The first-order valence-electron chi connectivity index (χ1n) is 15.3. The molecule has 0 aliphatic heterocycles. The number of fused-ring (bicyclic) bond motifs is 1. The minimum absolute atomic E-state index is 0.00662. The molecule has 0 bridgehead atoms. The van der Waals surface area contributed by atoms with E-state index in [2.05, 4.69) is 10.0 Å². The van der Waals surface area contributed by atoms with Crippen LogP contribution >= 0.6 is 0 Å². The summed E-state index contributed by atoms with van der Waals surface area (Å²) in [6.07, 6.45) is 2.92. The predicted octanol–water partition coefficient (Wildman–Crippen LogP) is 7.56. The summed E-state index contributed by atoms with van der Waals surface area (Å²) in [5, 5.41) is 14.0. The Bertz CT molecular complexity index is 2020. The molecule has 3 N–H and O–H groups in total. The lowest BCUT2D eigenvalue weighted by Gasteiger charge is -2.29. The second-order valence-corrected chi connectivity index (χ2v) is 13.3. The van der Waals surface area contributed by atoms with Gasteiger partial charge >= 0.3 is 5.97 Å². The molecule has 1 aliphatic rings. The van der Waals surface area contributed by atoms with Gasteiger partial charge in [0.2, 0.25) is 10.0 Å². The summed E-state index contributed by atoms with van der Waals surface area (Å²) in [7, 11) is -3.55. The molecule has 1 amide bonds. The van der Waals surface area contributed by atoms with Crippen LogP contribution in [0, 0.1) is 6.92 Å². The van der Waals surface area contributed by atoms with E-state index in [-0.39, 0.29) is 28.3 Å². The van der Waals surface area contributed by atoms with Gasteiger partial charge in [-0.2, -0.15) is 0 Å². The summed E-state index contributed by atoms with van der Waals surface area (Å²) < 4.78 is 40.7. The molecule has 240 valence electrons. The van der Waals surface area contributed by atoms with Crippen LogP contribution in [0.25, 0.3) is 10.8 Å². The van der Waals surface area contributed by atoms with E-state index in [0.717, 1.165) is 34.9 Å². The molecule has 0 saturated heterocycles. The van der Waals surface area contributed by atoms with Crippen molar-refractivity contribution in [3.05, 3.63) is 126 Å². The van der Waals surface area contributed by atoms with Gasteiger partial charge in [0.1, 0.15) is 17.2 Å². The van der Waals surface area contributed by atoms with Gasteiger partial charge in [0.25, 0.3) is 5.91 Å². The molecule has 9 nitrogen and oxygen atoms in total. The molecule has 0 atom stereocenters. The number of amides is 1. The molecule has 5 aromatic rings. The SMILES string of the molecule is Cc1ccc(S(=O)(=O)NC2CCC(Oc3ccc4cc(Oc5ccc(C(=O)Nc6ccccc6C(=O)O)cc5)ccc4c3)CC2)cc1. The van der Waals surface area contributed by atoms with E-state index in [0.29, 0.717) is 29.9 Å². The number of hydrogen-bond acceptors (Lipinski definition) is 6. The van der Waals surface area contributed by atoms with Crippen molar-refractivity contribution < 1.29 is 32.6 Å². The van der Waals surface area contributed by atoms with Crippen LogP contribution in [-0.4, -0.2) is 37.5 Å². The van der Waals surface area contributed by atoms with Crippen molar-refractivity contribution in [2.45, 2.75) is 49.6 Å². The minimum atomic E-state index is -3.55. The van der Waals surface area contributed by atoms with Gasteiger partial charge in [-0.05, 0) is 116 Å². The topological polar surface area (TPSA) is 131 Å². The first-order valence-corrected chi connectivity index (χ1v) is 16.8. The molecular weight excluding hydrogens is 616 g/mol.